The zero-order valence-corrected chi connectivity index (χ0v) is 18.0. The van der Waals surface area contributed by atoms with E-state index in [1.165, 1.54) is 5.56 Å². The van der Waals surface area contributed by atoms with Gasteiger partial charge in [0.05, 0.1) is 17.9 Å². The molecule has 0 saturated heterocycles. The van der Waals surface area contributed by atoms with Crippen LogP contribution in [0.1, 0.15) is 16.8 Å². The molecule has 156 valence electrons. The summed E-state index contributed by atoms with van der Waals surface area (Å²) in [6, 6.07) is 13.6. The van der Waals surface area contributed by atoms with Crippen molar-refractivity contribution in [1.29, 1.82) is 0 Å². The first-order valence-corrected chi connectivity index (χ1v) is 11.0. The monoisotopic (exact) mass is 429 g/mol. The molecule has 0 radical (unpaired) electrons. The van der Waals surface area contributed by atoms with Crippen LogP contribution in [0.25, 0.3) is 11.3 Å². The average molecular weight is 430 g/mol. The van der Waals surface area contributed by atoms with Crippen LogP contribution in [0.15, 0.2) is 71.8 Å². The molecule has 0 aromatic carbocycles. The van der Waals surface area contributed by atoms with E-state index >= 15 is 0 Å². The first-order valence-electron chi connectivity index (χ1n) is 10.0. The fourth-order valence-corrected chi connectivity index (χ4v) is 4.15. The molecule has 0 saturated carbocycles. The Morgan fingerprint density at radius 3 is 2.74 bits per heavy atom. The number of carbonyl (C=O) groups is 1. The normalized spacial score (nSPS) is 10.6. The van der Waals surface area contributed by atoms with Crippen molar-refractivity contribution in [3.63, 3.8) is 0 Å². The van der Waals surface area contributed by atoms with Crippen molar-refractivity contribution in [3.05, 3.63) is 88.6 Å². The van der Waals surface area contributed by atoms with Gasteiger partial charge in [0.15, 0.2) is 5.82 Å². The summed E-state index contributed by atoms with van der Waals surface area (Å²) in [5.41, 5.74) is 5.86. The molecule has 0 aliphatic rings. The average Bonchev–Trinajstić information content (AvgIpc) is 3.25. The number of thiophene rings is 1. The van der Waals surface area contributed by atoms with Crippen LogP contribution in [0.2, 0.25) is 0 Å². The third-order valence-electron chi connectivity index (χ3n) is 4.92. The Hall–Kier alpha value is -3.58. The third kappa shape index (κ3) is 5.13. The zero-order chi connectivity index (χ0) is 21.5. The second-order valence-corrected chi connectivity index (χ2v) is 7.87. The van der Waals surface area contributed by atoms with Gasteiger partial charge in [-0.25, -0.2) is 4.98 Å². The van der Waals surface area contributed by atoms with Crippen LogP contribution < -0.4 is 10.2 Å². The molecule has 0 atom stereocenters. The Morgan fingerprint density at radius 1 is 1.10 bits per heavy atom. The van der Waals surface area contributed by atoms with E-state index in [1.807, 2.05) is 42.5 Å². The lowest BCUT2D eigenvalue weighted by Gasteiger charge is -2.21. The van der Waals surface area contributed by atoms with Crippen molar-refractivity contribution < 1.29 is 4.79 Å². The Morgan fingerprint density at radius 2 is 2.03 bits per heavy atom. The maximum absolute atomic E-state index is 12.0. The van der Waals surface area contributed by atoms with Crippen molar-refractivity contribution in [2.75, 3.05) is 16.8 Å². The summed E-state index contributed by atoms with van der Waals surface area (Å²) >= 11 is 1.66. The maximum Gasteiger partial charge on any atom is 0.214 e. The minimum absolute atomic E-state index is 0.421. The van der Waals surface area contributed by atoms with E-state index in [9.17, 15) is 4.79 Å². The van der Waals surface area contributed by atoms with E-state index in [1.54, 1.807) is 34.8 Å². The van der Waals surface area contributed by atoms with E-state index in [0.29, 0.717) is 18.9 Å². The lowest BCUT2D eigenvalue weighted by molar-refractivity contribution is -0.107. The standard InChI is InChI=1S/C24H23N5OS/c1-18-15-31-16-21(18)22-7-8-23(29(17-30)14-19-5-4-10-25-13-19)24(28-22)27-12-9-20-6-2-3-11-26-20/h2-8,10-11,13,15-17H,9,12,14H2,1H3,(H,27,28). The van der Waals surface area contributed by atoms with Crippen molar-refractivity contribution in [1.82, 2.24) is 15.0 Å². The molecular weight excluding hydrogens is 406 g/mol. The summed E-state index contributed by atoms with van der Waals surface area (Å²) in [7, 11) is 0. The number of aromatic nitrogens is 3. The lowest BCUT2D eigenvalue weighted by atomic mass is 10.1. The fourth-order valence-electron chi connectivity index (χ4n) is 3.31. The Kier molecular flexibility index (Phi) is 6.64. The number of rotatable bonds is 9. The Labute approximate surface area is 185 Å². The highest BCUT2D eigenvalue weighted by atomic mass is 32.1. The predicted octanol–water partition coefficient (Wildman–Crippen LogP) is 4.73. The molecule has 0 spiro atoms. The van der Waals surface area contributed by atoms with Crippen LogP contribution >= 0.6 is 11.3 Å². The molecule has 0 fully saturated rings. The maximum atomic E-state index is 12.0. The molecule has 0 bridgehead atoms. The molecule has 1 amide bonds. The molecule has 4 aromatic heterocycles. The van der Waals surface area contributed by atoms with Gasteiger partial charge in [-0.15, -0.1) is 0 Å². The van der Waals surface area contributed by atoms with Crippen LogP contribution in [0.5, 0.6) is 0 Å². The van der Waals surface area contributed by atoms with Crippen molar-refractivity contribution in [2.24, 2.45) is 0 Å². The second-order valence-electron chi connectivity index (χ2n) is 7.13. The first kappa shape index (κ1) is 20.7. The summed E-state index contributed by atoms with van der Waals surface area (Å²) in [5, 5.41) is 7.63. The molecule has 1 N–H and O–H groups in total. The molecule has 6 nitrogen and oxygen atoms in total. The number of carbonyl (C=O) groups excluding carboxylic acids is 1. The molecule has 4 heterocycles. The second kappa shape index (κ2) is 9.95. The van der Waals surface area contributed by atoms with Gasteiger partial charge in [-0.05, 0) is 53.8 Å². The van der Waals surface area contributed by atoms with Crippen LogP contribution in [-0.4, -0.2) is 27.9 Å². The molecular formula is C24H23N5OS. The smallest absolute Gasteiger partial charge is 0.214 e. The van der Waals surface area contributed by atoms with E-state index in [4.69, 9.17) is 4.98 Å². The van der Waals surface area contributed by atoms with Gasteiger partial charge in [-0.3, -0.25) is 14.8 Å². The Bertz CT molecular complexity index is 1130. The van der Waals surface area contributed by atoms with Crippen LogP contribution in [0.4, 0.5) is 11.5 Å². The van der Waals surface area contributed by atoms with Gasteiger partial charge in [0, 0.05) is 48.2 Å². The Balaban J connectivity index is 1.62. The number of hydrogen-bond acceptors (Lipinski definition) is 6. The van der Waals surface area contributed by atoms with Gasteiger partial charge in [0.25, 0.3) is 0 Å². The number of amides is 1. The fraction of sp³-hybridized carbons (Fsp3) is 0.167. The van der Waals surface area contributed by atoms with Gasteiger partial charge >= 0.3 is 0 Å². The molecule has 0 unspecified atom stereocenters. The van der Waals surface area contributed by atoms with Gasteiger partial charge in [0.1, 0.15) is 0 Å². The summed E-state index contributed by atoms with van der Waals surface area (Å²) in [4.78, 5) is 27.0. The summed E-state index contributed by atoms with van der Waals surface area (Å²) in [6.45, 7) is 3.16. The van der Waals surface area contributed by atoms with E-state index in [2.05, 4.69) is 33.0 Å². The van der Waals surface area contributed by atoms with Crippen LogP contribution in [-0.2, 0) is 17.8 Å². The number of nitrogens with zero attached hydrogens (tertiary/aromatic N) is 4. The largest absolute Gasteiger partial charge is 0.368 e. The first-order chi connectivity index (χ1) is 15.2. The highest BCUT2D eigenvalue weighted by molar-refractivity contribution is 7.08. The number of anilines is 2. The van der Waals surface area contributed by atoms with Crippen molar-refractivity contribution in [2.45, 2.75) is 19.9 Å². The van der Waals surface area contributed by atoms with Gasteiger partial charge < -0.3 is 10.2 Å². The molecule has 0 aliphatic carbocycles. The predicted molar refractivity (Wildman–Crippen MR) is 125 cm³/mol. The van der Waals surface area contributed by atoms with Crippen molar-refractivity contribution in [3.8, 4) is 11.3 Å². The number of aryl methyl sites for hydroxylation is 1. The highest BCUT2D eigenvalue weighted by Gasteiger charge is 2.15. The van der Waals surface area contributed by atoms with Gasteiger partial charge in [-0.1, -0.05) is 12.1 Å². The van der Waals surface area contributed by atoms with Gasteiger partial charge in [0.2, 0.25) is 6.41 Å². The van der Waals surface area contributed by atoms with Crippen LogP contribution in [0.3, 0.4) is 0 Å². The summed E-state index contributed by atoms with van der Waals surface area (Å²) < 4.78 is 0. The summed E-state index contributed by atoms with van der Waals surface area (Å²) in [5.74, 6) is 0.676. The number of pyridine rings is 3. The third-order valence-corrected chi connectivity index (χ3v) is 5.78. The van der Waals surface area contributed by atoms with E-state index < -0.39 is 0 Å². The summed E-state index contributed by atoms with van der Waals surface area (Å²) in [6.07, 6.45) is 6.87. The number of nitrogens with one attached hydrogen (secondary N) is 1. The SMILES string of the molecule is Cc1cscc1-c1ccc(N(C=O)Cc2cccnc2)c(NCCc2ccccn2)n1. The number of hydrogen-bond donors (Lipinski definition) is 1. The molecule has 0 aliphatic heterocycles. The van der Waals surface area contributed by atoms with Crippen molar-refractivity contribution >= 4 is 29.3 Å². The minimum atomic E-state index is 0.421. The topological polar surface area (TPSA) is 71.0 Å². The van der Waals surface area contributed by atoms with E-state index in [0.717, 1.165) is 41.0 Å². The quantitative estimate of drug-likeness (QED) is 0.390. The lowest BCUT2D eigenvalue weighted by Crippen LogP contribution is -2.23. The highest BCUT2D eigenvalue weighted by Crippen LogP contribution is 2.31. The molecule has 4 rings (SSSR count). The molecule has 4 aromatic rings. The van der Waals surface area contributed by atoms with Crippen LogP contribution in [0, 0.1) is 6.92 Å². The van der Waals surface area contributed by atoms with E-state index in [-0.39, 0.29) is 0 Å². The molecule has 7 heteroatoms. The van der Waals surface area contributed by atoms with Gasteiger partial charge in [-0.2, -0.15) is 11.3 Å². The molecule has 31 heavy (non-hydrogen) atoms. The minimum Gasteiger partial charge on any atom is -0.368 e. The zero-order valence-electron chi connectivity index (χ0n) is 17.2.